The summed E-state index contributed by atoms with van der Waals surface area (Å²) >= 11 is 0. The average Bonchev–Trinajstić information content (AvgIpc) is 3.17. The maximum Gasteiger partial charge on any atom is 0.317 e. The Morgan fingerprint density at radius 3 is 2.70 bits per heavy atom. The van der Waals surface area contributed by atoms with Crippen LogP contribution in [0.3, 0.4) is 0 Å². The molecule has 1 aromatic carbocycles. The summed E-state index contributed by atoms with van der Waals surface area (Å²) in [7, 11) is 0. The van der Waals surface area contributed by atoms with E-state index in [0.717, 1.165) is 45.8 Å². The van der Waals surface area contributed by atoms with Crippen LogP contribution in [0.1, 0.15) is 25.8 Å². The van der Waals surface area contributed by atoms with Crippen LogP contribution in [-0.4, -0.2) is 73.9 Å². The highest BCUT2D eigenvalue weighted by Crippen LogP contribution is 2.19. The number of morpholine rings is 1. The van der Waals surface area contributed by atoms with Gasteiger partial charge in [0.05, 0.1) is 26.4 Å². The fourth-order valence-corrected chi connectivity index (χ4v) is 3.76. The van der Waals surface area contributed by atoms with Crippen LogP contribution in [0.5, 0.6) is 0 Å². The smallest absolute Gasteiger partial charge is 0.317 e. The van der Waals surface area contributed by atoms with E-state index in [1.54, 1.807) is 0 Å². The first-order valence-corrected chi connectivity index (χ1v) is 10.0. The second-order valence-electron chi connectivity index (χ2n) is 8.17. The SMILES string of the molecule is CC(C)(CNC(=O)N1CCC(COCc2ccccc2)C1)N1CCOCC1. The predicted molar refractivity (Wildman–Crippen MR) is 106 cm³/mol. The van der Waals surface area contributed by atoms with Crippen molar-refractivity contribution in [2.75, 3.05) is 52.5 Å². The van der Waals surface area contributed by atoms with Crippen LogP contribution in [0.15, 0.2) is 30.3 Å². The van der Waals surface area contributed by atoms with Crippen LogP contribution >= 0.6 is 0 Å². The van der Waals surface area contributed by atoms with Crippen molar-refractivity contribution in [3.8, 4) is 0 Å². The van der Waals surface area contributed by atoms with E-state index >= 15 is 0 Å². The van der Waals surface area contributed by atoms with Gasteiger partial charge < -0.3 is 19.7 Å². The lowest BCUT2D eigenvalue weighted by Crippen LogP contribution is -2.56. The summed E-state index contributed by atoms with van der Waals surface area (Å²) in [5.74, 6) is 0.423. The van der Waals surface area contributed by atoms with Gasteiger partial charge in [0.2, 0.25) is 0 Å². The molecule has 6 heteroatoms. The third-order valence-electron chi connectivity index (χ3n) is 5.58. The third-order valence-corrected chi connectivity index (χ3v) is 5.58. The van der Waals surface area contributed by atoms with Gasteiger partial charge >= 0.3 is 6.03 Å². The number of rotatable bonds is 7. The number of nitrogens with one attached hydrogen (secondary N) is 1. The molecule has 1 aromatic rings. The second kappa shape index (κ2) is 9.53. The molecule has 2 saturated heterocycles. The first-order chi connectivity index (χ1) is 13.0. The van der Waals surface area contributed by atoms with Gasteiger partial charge in [-0.3, -0.25) is 4.90 Å². The van der Waals surface area contributed by atoms with Gasteiger partial charge in [0, 0.05) is 44.2 Å². The topological polar surface area (TPSA) is 54.0 Å². The van der Waals surface area contributed by atoms with Crippen molar-refractivity contribution < 1.29 is 14.3 Å². The van der Waals surface area contributed by atoms with Gasteiger partial charge in [0.15, 0.2) is 0 Å². The zero-order chi connectivity index (χ0) is 19.1. The van der Waals surface area contributed by atoms with Crippen LogP contribution in [0.4, 0.5) is 4.79 Å². The molecule has 2 aliphatic rings. The molecule has 2 heterocycles. The van der Waals surface area contributed by atoms with E-state index in [2.05, 4.69) is 36.2 Å². The monoisotopic (exact) mass is 375 g/mol. The first kappa shape index (κ1) is 20.1. The number of urea groups is 1. The highest BCUT2D eigenvalue weighted by atomic mass is 16.5. The minimum atomic E-state index is -0.0582. The Labute approximate surface area is 162 Å². The van der Waals surface area contributed by atoms with Gasteiger partial charge in [-0.25, -0.2) is 4.79 Å². The summed E-state index contributed by atoms with van der Waals surface area (Å²) in [4.78, 5) is 16.9. The summed E-state index contributed by atoms with van der Waals surface area (Å²) in [5.41, 5.74) is 1.13. The summed E-state index contributed by atoms with van der Waals surface area (Å²) in [6, 6.07) is 10.3. The molecule has 2 aliphatic heterocycles. The number of likely N-dealkylation sites (tertiary alicyclic amines) is 1. The van der Waals surface area contributed by atoms with E-state index < -0.39 is 0 Å². The molecule has 2 fully saturated rings. The molecule has 0 bridgehead atoms. The zero-order valence-corrected chi connectivity index (χ0v) is 16.7. The van der Waals surface area contributed by atoms with Crippen molar-refractivity contribution in [3.63, 3.8) is 0 Å². The summed E-state index contributed by atoms with van der Waals surface area (Å²) in [5, 5.41) is 3.13. The average molecular weight is 376 g/mol. The highest BCUT2D eigenvalue weighted by Gasteiger charge is 2.31. The Morgan fingerprint density at radius 2 is 1.96 bits per heavy atom. The minimum absolute atomic E-state index is 0.0434. The molecular weight excluding hydrogens is 342 g/mol. The van der Waals surface area contributed by atoms with E-state index in [9.17, 15) is 4.79 Å². The first-order valence-electron chi connectivity index (χ1n) is 10.0. The summed E-state index contributed by atoms with van der Waals surface area (Å²) < 4.78 is 11.3. The normalized spacial score (nSPS) is 21.4. The van der Waals surface area contributed by atoms with Gasteiger partial charge in [-0.1, -0.05) is 30.3 Å². The summed E-state index contributed by atoms with van der Waals surface area (Å²) in [6.45, 7) is 11.3. The maximum absolute atomic E-state index is 12.5. The van der Waals surface area contributed by atoms with Crippen molar-refractivity contribution in [2.24, 2.45) is 5.92 Å². The van der Waals surface area contributed by atoms with E-state index in [0.29, 0.717) is 25.7 Å². The summed E-state index contributed by atoms with van der Waals surface area (Å²) in [6.07, 6.45) is 1.01. The lowest BCUT2D eigenvalue weighted by Gasteiger charge is -2.41. The molecule has 1 atom stereocenters. The Balaban J connectivity index is 1.36. The number of ether oxygens (including phenoxy) is 2. The van der Waals surface area contributed by atoms with Crippen molar-refractivity contribution in [3.05, 3.63) is 35.9 Å². The van der Waals surface area contributed by atoms with Crippen molar-refractivity contribution in [2.45, 2.75) is 32.4 Å². The number of benzene rings is 1. The van der Waals surface area contributed by atoms with Crippen LogP contribution in [0.2, 0.25) is 0 Å². The molecule has 2 amide bonds. The standard InChI is InChI=1S/C21H33N3O3/c1-21(2,24-10-12-26-13-11-24)17-22-20(25)23-9-8-19(14-23)16-27-15-18-6-4-3-5-7-18/h3-7,19H,8-17H2,1-2H3,(H,22,25). The van der Waals surface area contributed by atoms with Crippen LogP contribution in [0, 0.1) is 5.92 Å². The van der Waals surface area contributed by atoms with Crippen molar-refractivity contribution in [1.29, 1.82) is 0 Å². The number of carbonyl (C=O) groups is 1. The lowest BCUT2D eigenvalue weighted by atomic mass is 10.0. The Bertz CT molecular complexity index is 588. The van der Waals surface area contributed by atoms with Gasteiger partial charge in [0.25, 0.3) is 0 Å². The molecule has 0 radical (unpaired) electrons. The largest absolute Gasteiger partial charge is 0.379 e. The second-order valence-corrected chi connectivity index (χ2v) is 8.17. The number of hydrogen-bond acceptors (Lipinski definition) is 4. The van der Waals surface area contributed by atoms with E-state index in [1.807, 2.05) is 23.1 Å². The Morgan fingerprint density at radius 1 is 1.22 bits per heavy atom. The van der Waals surface area contributed by atoms with Crippen molar-refractivity contribution >= 4 is 6.03 Å². The van der Waals surface area contributed by atoms with E-state index in [4.69, 9.17) is 9.47 Å². The maximum atomic E-state index is 12.5. The molecular formula is C21H33N3O3. The van der Waals surface area contributed by atoms with Gasteiger partial charge in [-0.05, 0) is 25.8 Å². The number of carbonyl (C=O) groups excluding carboxylic acids is 1. The molecule has 150 valence electrons. The number of amides is 2. The minimum Gasteiger partial charge on any atom is -0.379 e. The van der Waals surface area contributed by atoms with Crippen LogP contribution < -0.4 is 5.32 Å². The fraction of sp³-hybridized carbons (Fsp3) is 0.667. The van der Waals surface area contributed by atoms with Gasteiger partial charge in [0.1, 0.15) is 0 Å². The Hall–Kier alpha value is -1.63. The van der Waals surface area contributed by atoms with Gasteiger partial charge in [-0.15, -0.1) is 0 Å². The number of hydrogen-bond donors (Lipinski definition) is 1. The zero-order valence-electron chi connectivity index (χ0n) is 16.7. The lowest BCUT2D eigenvalue weighted by molar-refractivity contribution is -0.00901. The molecule has 0 saturated carbocycles. The number of nitrogens with zero attached hydrogens (tertiary/aromatic N) is 2. The van der Waals surface area contributed by atoms with Gasteiger partial charge in [-0.2, -0.15) is 0 Å². The Kier molecular flexibility index (Phi) is 7.10. The molecule has 6 nitrogen and oxygen atoms in total. The quantitative estimate of drug-likeness (QED) is 0.795. The molecule has 0 spiro atoms. The van der Waals surface area contributed by atoms with E-state index in [1.165, 1.54) is 5.56 Å². The van der Waals surface area contributed by atoms with Crippen LogP contribution in [0.25, 0.3) is 0 Å². The van der Waals surface area contributed by atoms with Crippen molar-refractivity contribution in [1.82, 2.24) is 15.1 Å². The van der Waals surface area contributed by atoms with Crippen LogP contribution in [-0.2, 0) is 16.1 Å². The molecule has 27 heavy (non-hydrogen) atoms. The molecule has 0 aliphatic carbocycles. The fourth-order valence-electron chi connectivity index (χ4n) is 3.76. The molecule has 3 rings (SSSR count). The van der Waals surface area contributed by atoms with E-state index in [-0.39, 0.29) is 11.6 Å². The predicted octanol–water partition coefficient (Wildman–Crippen LogP) is 2.35. The highest BCUT2D eigenvalue weighted by molar-refractivity contribution is 5.74. The third kappa shape index (κ3) is 5.92. The molecule has 1 unspecified atom stereocenters. The molecule has 1 N–H and O–H groups in total. The molecule has 0 aromatic heterocycles.